The number of aromatic nitrogens is 2. The number of carboxylic acid groups (broad SMARTS) is 1. The summed E-state index contributed by atoms with van der Waals surface area (Å²) in [4.78, 5) is 47.9. The predicted octanol–water partition coefficient (Wildman–Crippen LogP) is 3.40. The first kappa shape index (κ1) is 31.2. The van der Waals surface area contributed by atoms with Gasteiger partial charge in [-0.2, -0.15) is 13.2 Å². The summed E-state index contributed by atoms with van der Waals surface area (Å²) >= 11 is 0. The number of halogens is 4. The largest absolute Gasteiger partial charge is 0.490 e. The Morgan fingerprint density at radius 1 is 1.14 bits per heavy atom. The molecule has 43 heavy (non-hydrogen) atoms. The number of aliphatic carboxylic acids is 1. The van der Waals surface area contributed by atoms with Crippen LogP contribution in [-0.4, -0.2) is 89.1 Å². The third-order valence-electron chi connectivity index (χ3n) is 6.53. The molecular formula is C28H27F4N5O6. The molecule has 0 unspecified atom stereocenters. The lowest BCUT2D eigenvalue weighted by Crippen LogP contribution is -2.42. The Kier molecular flexibility index (Phi) is 9.75. The van der Waals surface area contributed by atoms with E-state index in [1.54, 1.807) is 36.2 Å². The van der Waals surface area contributed by atoms with Gasteiger partial charge in [-0.15, -0.1) is 0 Å². The summed E-state index contributed by atoms with van der Waals surface area (Å²) in [5.74, 6) is -3.44. The highest BCUT2D eigenvalue weighted by Crippen LogP contribution is 2.29. The van der Waals surface area contributed by atoms with Crippen LogP contribution in [0.5, 0.6) is 0 Å². The van der Waals surface area contributed by atoms with E-state index >= 15 is 0 Å². The maximum Gasteiger partial charge on any atom is 0.490 e. The quantitative estimate of drug-likeness (QED) is 0.222. The van der Waals surface area contributed by atoms with Gasteiger partial charge in [0.25, 0.3) is 11.8 Å². The van der Waals surface area contributed by atoms with Crippen molar-refractivity contribution in [2.75, 3.05) is 39.5 Å². The normalized spacial score (nSPS) is 15.1. The minimum Gasteiger partial charge on any atom is -0.475 e. The van der Waals surface area contributed by atoms with E-state index in [1.165, 1.54) is 6.07 Å². The number of aromatic amines is 1. The van der Waals surface area contributed by atoms with Crippen LogP contribution in [0, 0.1) is 5.82 Å². The number of pyridine rings is 1. The Morgan fingerprint density at radius 3 is 2.53 bits per heavy atom. The summed E-state index contributed by atoms with van der Waals surface area (Å²) < 4.78 is 51.8. The number of fused-ring (bicyclic) bond motifs is 1. The van der Waals surface area contributed by atoms with Crippen molar-refractivity contribution in [1.82, 2.24) is 20.2 Å². The van der Waals surface area contributed by atoms with Crippen LogP contribution in [0.15, 0.2) is 47.8 Å². The van der Waals surface area contributed by atoms with Crippen molar-refractivity contribution in [3.05, 3.63) is 65.2 Å². The van der Waals surface area contributed by atoms with E-state index in [2.05, 4.69) is 20.4 Å². The van der Waals surface area contributed by atoms with Gasteiger partial charge in [-0.1, -0.05) is 11.2 Å². The first-order chi connectivity index (χ1) is 20.4. The number of carbonyl (C=O) groups excluding carboxylic acids is 2. The monoisotopic (exact) mass is 605 g/mol. The Morgan fingerprint density at radius 2 is 1.86 bits per heavy atom. The number of ether oxygens (including phenoxy) is 1. The lowest BCUT2D eigenvalue weighted by Gasteiger charge is -2.26. The molecule has 2 aliphatic heterocycles. The molecule has 3 N–H and O–H groups in total. The topological polar surface area (TPSA) is 146 Å². The van der Waals surface area contributed by atoms with E-state index in [4.69, 9.17) is 19.5 Å². The maximum absolute atomic E-state index is 14.8. The van der Waals surface area contributed by atoms with E-state index < -0.39 is 18.0 Å². The molecule has 1 saturated heterocycles. The number of hydrogen-bond acceptors (Lipinski definition) is 7. The molecule has 1 aromatic carbocycles. The van der Waals surface area contributed by atoms with Crippen molar-refractivity contribution < 1.29 is 46.6 Å². The van der Waals surface area contributed by atoms with Gasteiger partial charge in [0.2, 0.25) is 0 Å². The van der Waals surface area contributed by atoms with Crippen molar-refractivity contribution in [1.29, 1.82) is 0 Å². The zero-order chi connectivity index (χ0) is 31.1. The Labute approximate surface area is 242 Å². The fourth-order valence-corrected chi connectivity index (χ4v) is 4.28. The number of hydrogen-bond donors (Lipinski definition) is 3. The molecule has 0 aliphatic carbocycles. The Bertz CT molecular complexity index is 1530. The number of oxime groups is 1. The number of alkyl halides is 3. The Hall–Kier alpha value is -4.79. The molecule has 0 saturated carbocycles. The molecule has 2 amide bonds. The third kappa shape index (κ3) is 7.94. The van der Waals surface area contributed by atoms with Gasteiger partial charge in [0.15, 0.2) is 6.61 Å². The van der Waals surface area contributed by atoms with Crippen LogP contribution < -0.4 is 5.32 Å². The minimum absolute atomic E-state index is 0.101. The van der Waals surface area contributed by atoms with Crippen molar-refractivity contribution in [2.45, 2.75) is 19.5 Å². The van der Waals surface area contributed by atoms with E-state index in [-0.39, 0.29) is 18.4 Å². The molecule has 4 heterocycles. The average molecular weight is 606 g/mol. The van der Waals surface area contributed by atoms with Gasteiger partial charge in [-0.05, 0) is 42.8 Å². The van der Waals surface area contributed by atoms with Crippen LogP contribution in [0.2, 0.25) is 0 Å². The molecule has 2 aromatic heterocycles. The number of morpholine rings is 1. The summed E-state index contributed by atoms with van der Waals surface area (Å²) in [5, 5.41) is 14.0. The van der Waals surface area contributed by atoms with E-state index in [0.717, 1.165) is 23.4 Å². The number of carboxylic acids is 1. The van der Waals surface area contributed by atoms with Gasteiger partial charge in [-0.3, -0.25) is 14.6 Å². The molecule has 5 rings (SSSR count). The third-order valence-corrected chi connectivity index (χ3v) is 6.53. The first-order valence-electron chi connectivity index (χ1n) is 13.0. The van der Waals surface area contributed by atoms with Crippen molar-refractivity contribution in [2.24, 2.45) is 5.16 Å². The number of nitrogens with one attached hydrogen (secondary N) is 2. The lowest BCUT2D eigenvalue weighted by molar-refractivity contribution is -0.192. The highest BCUT2D eigenvalue weighted by molar-refractivity contribution is 5.99. The maximum atomic E-state index is 14.8. The smallest absolute Gasteiger partial charge is 0.475 e. The number of H-pyrrole nitrogens is 1. The van der Waals surface area contributed by atoms with Gasteiger partial charge in [0.05, 0.1) is 30.2 Å². The van der Waals surface area contributed by atoms with Gasteiger partial charge in [0.1, 0.15) is 5.82 Å². The summed E-state index contributed by atoms with van der Waals surface area (Å²) in [6, 6.07) is 10.0. The fourth-order valence-electron chi connectivity index (χ4n) is 4.28. The van der Waals surface area contributed by atoms with Crippen LogP contribution in [0.25, 0.3) is 22.5 Å². The number of rotatable bonds is 6. The minimum atomic E-state index is -5.08. The average Bonchev–Trinajstić information content (AvgIpc) is 3.44. The number of benzene rings is 1. The summed E-state index contributed by atoms with van der Waals surface area (Å²) in [5.41, 5.74) is 4.98. The number of amides is 2. The van der Waals surface area contributed by atoms with Gasteiger partial charge >= 0.3 is 12.1 Å². The van der Waals surface area contributed by atoms with E-state index in [1.807, 2.05) is 12.1 Å². The summed E-state index contributed by atoms with van der Waals surface area (Å²) in [6.45, 7) is 4.26. The predicted molar refractivity (Wildman–Crippen MR) is 145 cm³/mol. The van der Waals surface area contributed by atoms with E-state index in [0.29, 0.717) is 60.9 Å². The molecule has 15 heteroatoms. The second kappa shape index (κ2) is 13.5. The molecule has 0 bridgehead atoms. The standard InChI is InChI=1S/C26H26FN5O4.C2HF3O2/c1-16(31-36-15-25(33)32-8-10-35-11-9-32)17-2-3-21(27)19(12-17)24-13-18(4-6-28-24)23-14-20-22(30-23)5-7-29-26(20)34;3-2(4,5)1(6)7/h2-4,6,12-14,30H,5,7-11,15H2,1H3,(H,29,34);(H,6,7)/b31-16+;. The molecule has 1 fully saturated rings. The van der Waals surface area contributed by atoms with Crippen molar-refractivity contribution in [3.8, 4) is 22.5 Å². The lowest BCUT2D eigenvalue weighted by atomic mass is 10.0. The van der Waals surface area contributed by atoms with Crippen LogP contribution in [0.1, 0.15) is 28.5 Å². The second-order valence-corrected chi connectivity index (χ2v) is 9.45. The van der Waals surface area contributed by atoms with Crippen LogP contribution in [0.4, 0.5) is 17.6 Å². The fraction of sp³-hybridized carbons (Fsp3) is 0.321. The Balaban J connectivity index is 0.000000541. The number of nitrogens with zero attached hydrogens (tertiary/aromatic N) is 3. The highest BCUT2D eigenvalue weighted by atomic mass is 19.4. The van der Waals surface area contributed by atoms with Gasteiger partial charge in [-0.25, -0.2) is 9.18 Å². The van der Waals surface area contributed by atoms with Crippen LogP contribution in [0.3, 0.4) is 0 Å². The van der Waals surface area contributed by atoms with Crippen molar-refractivity contribution >= 4 is 23.5 Å². The molecule has 228 valence electrons. The first-order valence-corrected chi connectivity index (χ1v) is 13.0. The zero-order valence-corrected chi connectivity index (χ0v) is 22.8. The summed E-state index contributed by atoms with van der Waals surface area (Å²) in [7, 11) is 0. The second-order valence-electron chi connectivity index (χ2n) is 9.45. The molecular weight excluding hydrogens is 578 g/mol. The molecule has 3 aromatic rings. The van der Waals surface area contributed by atoms with Crippen LogP contribution in [-0.2, 0) is 25.6 Å². The van der Waals surface area contributed by atoms with Crippen LogP contribution >= 0.6 is 0 Å². The summed E-state index contributed by atoms with van der Waals surface area (Å²) in [6.07, 6.45) is -2.74. The van der Waals surface area contributed by atoms with Crippen molar-refractivity contribution in [3.63, 3.8) is 0 Å². The molecule has 11 nitrogen and oxygen atoms in total. The number of carbonyl (C=O) groups is 3. The molecule has 2 aliphatic rings. The molecule has 0 radical (unpaired) electrons. The van der Waals surface area contributed by atoms with Gasteiger partial charge < -0.3 is 29.9 Å². The molecule has 0 spiro atoms. The SMILES string of the molecule is C/C(=N\OCC(=O)N1CCOCC1)c1ccc(F)c(-c2cc(-c3cc4c([nH]3)CCNC4=O)ccn2)c1.O=C(O)C(F)(F)F. The molecule has 0 atom stereocenters. The zero-order valence-electron chi connectivity index (χ0n) is 22.8. The van der Waals surface area contributed by atoms with Gasteiger partial charge in [0, 0.05) is 54.8 Å². The van der Waals surface area contributed by atoms with E-state index in [9.17, 15) is 27.2 Å². The highest BCUT2D eigenvalue weighted by Gasteiger charge is 2.38.